The lowest BCUT2D eigenvalue weighted by molar-refractivity contribution is -0.448. The molecule has 0 rings (SSSR count). The van der Waals surface area contributed by atoms with E-state index in [1.165, 1.54) is 0 Å². The standard InChI is InChI=1S/C22H38O9/c1-5-10-27-21(22(29-11-6-2,30-12-7-3)31-13-8-4)28-20-19-26-18-17-25-16-15-24-14-9-23/h5-8,21,23H,1-4,9-20H2. The SMILES string of the molecule is C=CCOC(OCCOCCOCCOCCO)C(OCC=C)(OCC=C)OCC=C. The van der Waals surface area contributed by atoms with Crippen molar-refractivity contribution in [3.63, 3.8) is 0 Å². The minimum atomic E-state index is -1.66. The summed E-state index contributed by atoms with van der Waals surface area (Å²) in [5.41, 5.74) is 0. The van der Waals surface area contributed by atoms with Crippen LogP contribution in [0.1, 0.15) is 0 Å². The molecule has 0 aliphatic heterocycles. The molecular formula is C22H38O9. The van der Waals surface area contributed by atoms with Gasteiger partial charge >= 0.3 is 5.97 Å². The molecule has 0 spiro atoms. The van der Waals surface area contributed by atoms with E-state index in [9.17, 15) is 0 Å². The number of hydrogen-bond donors (Lipinski definition) is 1. The third kappa shape index (κ3) is 15.1. The Labute approximate surface area is 185 Å². The molecule has 9 heteroatoms. The van der Waals surface area contributed by atoms with E-state index in [4.69, 9.17) is 43.0 Å². The average molecular weight is 447 g/mol. The highest BCUT2D eigenvalue weighted by Gasteiger charge is 2.45. The third-order valence-electron chi connectivity index (χ3n) is 3.34. The fourth-order valence-corrected chi connectivity index (χ4v) is 2.08. The van der Waals surface area contributed by atoms with Gasteiger partial charge < -0.3 is 43.0 Å². The molecule has 0 aliphatic carbocycles. The lowest BCUT2D eigenvalue weighted by Gasteiger charge is -2.37. The molecule has 0 heterocycles. The Hall–Kier alpha value is -1.40. The summed E-state index contributed by atoms with van der Waals surface area (Å²) in [6.45, 7) is 17.7. The van der Waals surface area contributed by atoms with Crippen molar-refractivity contribution in [1.82, 2.24) is 0 Å². The van der Waals surface area contributed by atoms with Crippen LogP contribution in [0.25, 0.3) is 0 Å². The molecule has 0 fully saturated rings. The van der Waals surface area contributed by atoms with Gasteiger partial charge in [0.2, 0.25) is 6.29 Å². The largest absolute Gasteiger partial charge is 0.394 e. The van der Waals surface area contributed by atoms with E-state index in [1.54, 1.807) is 24.3 Å². The van der Waals surface area contributed by atoms with Crippen molar-refractivity contribution < 1.29 is 43.0 Å². The second kappa shape index (κ2) is 21.8. The Morgan fingerprint density at radius 3 is 1.42 bits per heavy atom. The van der Waals surface area contributed by atoms with Crippen molar-refractivity contribution in [2.45, 2.75) is 12.3 Å². The van der Waals surface area contributed by atoms with Crippen LogP contribution in [0, 0.1) is 0 Å². The van der Waals surface area contributed by atoms with Gasteiger partial charge in [-0.15, -0.1) is 26.3 Å². The van der Waals surface area contributed by atoms with Crippen LogP contribution in [-0.2, 0) is 37.9 Å². The molecule has 0 aliphatic rings. The predicted octanol–water partition coefficient (Wildman–Crippen LogP) is 1.84. The van der Waals surface area contributed by atoms with Crippen LogP contribution in [0.5, 0.6) is 0 Å². The van der Waals surface area contributed by atoms with Gasteiger partial charge in [-0.25, -0.2) is 0 Å². The molecule has 0 radical (unpaired) electrons. The van der Waals surface area contributed by atoms with Crippen LogP contribution in [-0.4, -0.2) is 96.7 Å². The Bertz CT molecular complexity index is 425. The van der Waals surface area contributed by atoms with Gasteiger partial charge in [-0.3, -0.25) is 0 Å². The summed E-state index contributed by atoms with van der Waals surface area (Å²) >= 11 is 0. The van der Waals surface area contributed by atoms with Crippen LogP contribution in [0.15, 0.2) is 50.6 Å². The number of aliphatic hydroxyl groups excluding tert-OH is 1. The first kappa shape index (κ1) is 29.6. The highest BCUT2D eigenvalue weighted by atomic mass is 16.9. The zero-order valence-electron chi connectivity index (χ0n) is 18.4. The Kier molecular flexibility index (Phi) is 20.8. The van der Waals surface area contributed by atoms with Crippen LogP contribution >= 0.6 is 0 Å². The minimum Gasteiger partial charge on any atom is -0.394 e. The monoisotopic (exact) mass is 446 g/mol. The molecule has 180 valence electrons. The molecule has 1 atom stereocenters. The summed E-state index contributed by atoms with van der Waals surface area (Å²) in [5, 5.41) is 8.61. The fraction of sp³-hybridized carbons (Fsp3) is 0.636. The van der Waals surface area contributed by atoms with Gasteiger partial charge in [0, 0.05) is 0 Å². The number of rotatable bonds is 25. The first-order valence-electron chi connectivity index (χ1n) is 10.1. The molecular weight excluding hydrogens is 408 g/mol. The van der Waals surface area contributed by atoms with Gasteiger partial charge in [0.15, 0.2) is 0 Å². The predicted molar refractivity (Wildman–Crippen MR) is 117 cm³/mol. The van der Waals surface area contributed by atoms with Gasteiger partial charge in [0.25, 0.3) is 0 Å². The van der Waals surface area contributed by atoms with E-state index in [-0.39, 0.29) is 39.6 Å². The maximum atomic E-state index is 8.61. The van der Waals surface area contributed by atoms with Crippen molar-refractivity contribution >= 4 is 0 Å². The molecule has 0 aromatic heterocycles. The zero-order valence-corrected chi connectivity index (χ0v) is 18.4. The van der Waals surface area contributed by atoms with Crippen molar-refractivity contribution in [2.75, 3.05) is 79.3 Å². The molecule has 0 amide bonds. The summed E-state index contributed by atoms with van der Waals surface area (Å²) < 4.78 is 44.7. The Morgan fingerprint density at radius 1 is 0.581 bits per heavy atom. The third-order valence-corrected chi connectivity index (χ3v) is 3.34. The molecule has 0 bridgehead atoms. The normalized spacial score (nSPS) is 12.4. The molecule has 0 aromatic rings. The lowest BCUT2D eigenvalue weighted by Crippen LogP contribution is -2.53. The van der Waals surface area contributed by atoms with Crippen LogP contribution in [0.3, 0.4) is 0 Å². The van der Waals surface area contributed by atoms with Gasteiger partial charge in [-0.2, -0.15) is 0 Å². The van der Waals surface area contributed by atoms with E-state index in [0.29, 0.717) is 39.6 Å². The van der Waals surface area contributed by atoms with Crippen LogP contribution in [0.2, 0.25) is 0 Å². The highest BCUT2D eigenvalue weighted by Crippen LogP contribution is 2.25. The van der Waals surface area contributed by atoms with Crippen molar-refractivity contribution in [3.8, 4) is 0 Å². The minimum absolute atomic E-state index is 0.00219. The second-order valence-corrected chi connectivity index (χ2v) is 5.79. The molecule has 9 nitrogen and oxygen atoms in total. The van der Waals surface area contributed by atoms with Crippen molar-refractivity contribution in [2.24, 2.45) is 0 Å². The summed E-state index contributed by atoms with van der Waals surface area (Å²) in [5.74, 6) is -1.66. The summed E-state index contributed by atoms with van der Waals surface area (Å²) in [4.78, 5) is 0. The maximum Gasteiger partial charge on any atom is 0.338 e. The van der Waals surface area contributed by atoms with Gasteiger partial charge in [0.05, 0.1) is 79.3 Å². The highest BCUT2D eigenvalue weighted by molar-refractivity contribution is 4.77. The average Bonchev–Trinajstić information content (AvgIpc) is 2.79. The zero-order chi connectivity index (χ0) is 23.0. The number of hydrogen-bond acceptors (Lipinski definition) is 9. The quantitative estimate of drug-likeness (QED) is 0.128. The van der Waals surface area contributed by atoms with E-state index < -0.39 is 12.3 Å². The van der Waals surface area contributed by atoms with Gasteiger partial charge in [-0.1, -0.05) is 24.3 Å². The first-order chi connectivity index (χ1) is 15.2. The summed E-state index contributed by atoms with van der Waals surface area (Å²) in [6.07, 6.45) is 5.23. The smallest absolute Gasteiger partial charge is 0.338 e. The number of ether oxygens (including phenoxy) is 8. The molecule has 0 saturated carbocycles. The van der Waals surface area contributed by atoms with Crippen molar-refractivity contribution in [1.29, 1.82) is 0 Å². The lowest BCUT2D eigenvalue weighted by atomic mass is 10.4. The van der Waals surface area contributed by atoms with Crippen LogP contribution < -0.4 is 0 Å². The van der Waals surface area contributed by atoms with E-state index in [2.05, 4.69) is 26.3 Å². The van der Waals surface area contributed by atoms with E-state index >= 15 is 0 Å². The van der Waals surface area contributed by atoms with Crippen LogP contribution in [0.4, 0.5) is 0 Å². The summed E-state index contributed by atoms with van der Waals surface area (Å²) in [7, 11) is 0. The fourth-order valence-electron chi connectivity index (χ4n) is 2.08. The Morgan fingerprint density at radius 2 is 1.00 bits per heavy atom. The van der Waals surface area contributed by atoms with Gasteiger partial charge in [0.1, 0.15) is 0 Å². The summed E-state index contributed by atoms with van der Waals surface area (Å²) in [6, 6.07) is 0. The van der Waals surface area contributed by atoms with E-state index in [1.807, 2.05) is 0 Å². The molecule has 1 unspecified atom stereocenters. The molecule has 1 N–H and O–H groups in total. The maximum absolute atomic E-state index is 8.61. The Balaban J connectivity index is 4.63. The van der Waals surface area contributed by atoms with E-state index in [0.717, 1.165) is 0 Å². The number of aliphatic hydroxyl groups is 1. The molecule has 31 heavy (non-hydrogen) atoms. The first-order valence-corrected chi connectivity index (χ1v) is 10.1. The second-order valence-electron chi connectivity index (χ2n) is 5.79. The molecule has 0 aromatic carbocycles. The van der Waals surface area contributed by atoms with Gasteiger partial charge in [-0.05, 0) is 0 Å². The topological polar surface area (TPSA) is 94.1 Å². The van der Waals surface area contributed by atoms with Crippen molar-refractivity contribution in [3.05, 3.63) is 50.6 Å². The molecule has 0 saturated heterocycles.